The van der Waals surface area contributed by atoms with Gasteiger partial charge in [-0.3, -0.25) is 10.1 Å². The fourth-order valence-corrected chi connectivity index (χ4v) is 2.32. The number of quaternary nitrogens is 1. The van der Waals surface area contributed by atoms with Crippen LogP contribution in [0.25, 0.3) is 0 Å². The maximum Gasteiger partial charge on any atom is 0.278 e. The van der Waals surface area contributed by atoms with Crippen LogP contribution in [-0.4, -0.2) is 12.0 Å². The van der Waals surface area contributed by atoms with Crippen molar-refractivity contribution in [1.82, 2.24) is 0 Å². The molecule has 0 spiro atoms. The SMILES string of the molecule is COc1cc(C)cc(C[NH2+]Cc2ccccc2[N+](=O)[O-])c1. The van der Waals surface area contributed by atoms with E-state index in [9.17, 15) is 10.1 Å². The fraction of sp³-hybridized carbons (Fsp3) is 0.250. The summed E-state index contributed by atoms with van der Waals surface area (Å²) in [4.78, 5) is 10.6. The first kappa shape index (κ1) is 15.0. The minimum absolute atomic E-state index is 0.176. The summed E-state index contributed by atoms with van der Waals surface area (Å²) in [7, 11) is 1.65. The molecule has 0 radical (unpaired) electrons. The number of hydrogen-bond donors (Lipinski definition) is 1. The summed E-state index contributed by atoms with van der Waals surface area (Å²) in [5.41, 5.74) is 3.20. The Hall–Kier alpha value is -2.40. The smallest absolute Gasteiger partial charge is 0.278 e. The van der Waals surface area contributed by atoms with Crippen molar-refractivity contribution in [1.29, 1.82) is 0 Å². The van der Waals surface area contributed by atoms with E-state index < -0.39 is 0 Å². The summed E-state index contributed by atoms with van der Waals surface area (Å²) >= 11 is 0. The van der Waals surface area contributed by atoms with Gasteiger partial charge in [0.15, 0.2) is 0 Å². The van der Waals surface area contributed by atoms with Gasteiger partial charge in [-0.1, -0.05) is 18.2 Å². The monoisotopic (exact) mass is 287 g/mol. The summed E-state index contributed by atoms with van der Waals surface area (Å²) in [6, 6.07) is 12.9. The quantitative estimate of drug-likeness (QED) is 0.654. The molecule has 0 fully saturated rings. The molecule has 0 aromatic heterocycles. The zero-order chi connectivity index (χ0) is 15.2. The molecule has 5 heteroatoms. The van der Waals surface area contributed by atoms with E-state index >= 15 is 0 Å². The van der Waals surface area contributed by atoms with Crippen LogP contribution in [0.15, 0.2) is 42.5 Å². The number of benzene rings is 2. The van der Waals surface area contributed by atoms with Crippen molar-refractivity contribution in [2.75, 3.05) is 7.11 Å². The first-order chi connectivity index (χ1) is 10.1. The van der Waals surface area contributed by atoms with E-state index in [1.54, 1.807) is 25.3 Å². The number of nitro groups is 1. The van der Waals surface area contributed by atoms with Crippen molar-refractivity contribution < 1.29 is 15.0 Å². The van der Waals surface area contributed by atoms with Crippen LogP contribution in [0, 0.1) is 17.0 Å². The number of nitro benzene ring substituents is 1. The van der Waals surface area contributed by atoms with Gasteiger partial charge < -0.3 is 10.1 Å². The Bertz CT molecular complexity index is 641. The van der Waals surface area contributed by atoms with E-state index in [0.29, 0.717) is 6.54 Å². The second kappa shape index (κ2) is 6.85. The number of methoxy groups -OCH3 is 1. The average molecular weight is 287 g/mol. The van der Waals surface area contributed by atoms with Crippen LogP contribution in [-0.2, 0) is 13.1 Å². The molecule has 0 bridgehead atoms. The van der Waals surface area contributed by atoms with E-state index in [1.807, 2.05) is 25.1 Å². The minimum atomic E-state index is -0.334. The van der Waals surface area contributed by atoms with E-state index in [-0.39, 0.29) is 10.6 Å². The predicted molar refractivity (Wildman–Crippen MR) is 80.2 cm³/mol. The van der Waals surface area contributed by atoms with Gasteiger partial charge in [0, 0.05) is 11.6 Å². The second-order valence-corrected chi connectivity index (χ2v) is 4.94. The molecule has 0 atom stereocenters. The van der Waals surface area contributed by atoms with Gasteiger partial charge in [-0.15, -0.1) is 0 Å². The van der Waals surface area contributed by atoms with Crippen LogP contribution in [0.3, 0.4) is 0 Å². The molecule has 0 heterocycles. The van der Waals surface area contributed by atoms with Gasteiger partial charge in [0.2, 0.25) is 0 Å². The van der Waals surface area contributed by atoms with Gasteiger partial charge in [-0.05, 0) is 30.7 Å². The van der Waals surface area contributed by atoms with E-state index in [1.165, 1.54) is 0 Å². The first-order valence-corrected chi connectivity index (χ1v) is 6.78. The molecule has 2 rings (SSSR count). The molecule has 0 aliphatic rings. The Morgan fingerprint density at radius 2 is 1.95 bits per heavy atom. The summed E-state index contributed by atoms with van der Waals surface area (Å²) in [6.07, 6.45) is 0. The molecule has 2 N–H and O–H groups in total. The lowest BCUT2D eigenvalue weighted by molar-refractivity contribution is -0.686. The van der Waals surface area contributed by atoms with Crippen molar-refractivity contribution in [3.63, 3.8) is 0 Å². The molecular formula is C16H19N2O3+. The Kier molecular flexibility index (Phi) is 4.90. The highest BCUT2D eigenvalue weighted by Crippen LogP contribution is 2.17. The van der Waals surface area contributed by atoms with Crippen molar-refractivity contribution in [3.05, 3.63) is 69.3 Å². The van der Waals surface area contributed by atoms with Gasteiger partial charge in [-0.25, -0.2) is 0 Å². The molecule has 2 aromatic carbocycles. The number of nitrogens with two attached hydrogens (primary N) is 1. The Balaban J connectivity index is 2.02. The largest absolute Gasteiger partial charge is 0.497 e. The van der Waals surface area contributed by atoms with Gasteiger partial charge >= 0.3 is 0 Å². The first-order valence-electron chi connectivity index (χ1n) is 6.78. The molecular weight excluding hydrogens is 268 g/mol. The maximum atomic E-state index is 11.0. The number of hydrogen-bond acceptors (Lipinski definition) is 3. The number of para-hydroxylation sites is 1. The molecule has 0 saturated heterocycles. The van der Waals surface area contributed by atoms with E-state index in [0.717, 1.165) is 29.0 Å². The third-order valence-corrected chi connectivity index (χ3v) is 3.28. The fourth-order valence-electron chi connectivity index (χ4n) is 2.32. The lowest BCUT2D eigenvalue weighted by Gasteiger charge is -2.07. The standard InChI is InChI=1S/C16H18N2O3/c1-12-7-13(9-15(8-12)21-2)10-17-11-14-5-3-4-6-16(14)18(19)20/h3-9,17H,10-11H2,1-2H3/p+1. The maximum absolute atomic E-state index is 11.0. The highest BCUT2D eigenvalue weighted by Gasteiger charge is 2.13. The second-order valence-electron chi connectivity index (χ2n) is 4.94. The topological polar surface area (TPSA) is 69.0 Å². The zero-order valence-corrected chi connectivity index (χ0v) is 12.2. The Morgan fingerprint density at radius 3 is 2.67 bits per heavy atom. The molecule has 0 aliphatic carbocycles. The van der Waals surface area contributed by atoms with E-state index in [4.69, 9.17) is 4.74 Å². The highest BCUT2D eigenvalue weighted by molar-refractivity contribution is 5.39. The third-order valence-electron chi connectivity index (χ3n) is 3.28. The lowest BCUT2D eigenvalue weighted by atomic mass is 10.1. The van der Waals surface area contributed by atoms with Gasteiger partial charge in [-0.2, -0.15) is 0 Å². The molecule has 110 valence electrons. The van der Waals surface area contributed by atoms with Crippen LogP contribution in [0.5, 0.6) is 5.75 Å². The van der Waals surface area contributed by atoms with Crippen LogP contribution in [0.1, 0.15) is 16.7 Å². The van der Waals surface area contributed by atoms with Crippen LogP contribution in [0.4, 0.5) is 5.69 Å². The Labute approximate surface area is 123 Å². The van der Waals surface area contributed by atoms with Crippen LogP contribution < -0.4 is 10.1 Å². The normalized spacial score (nSPS) is 10.4. The highest BCUT2D eigenvalue weighted by atomic mass is 16.6. The average Bonchev–Trinajstić information content (AvgIpc) is 2.47. The molecule has 5 nitrogen and oxygen atoms in total. The van der Waals surface area contributed by atoms with Crippen LogP contribution >= 0.6 is 0 Å². The van der Waals surface area contributed by atoms with Crippen molar-refractivity contribution in [3.8, 4) is 5.75 Å². The molecule has 0 saturated carbocycles. The van der Waals surface area contributed by atoms with Crippen LogP contribution in [0.2, 0.25) is 0 Å². The molecule has 21 heavy (non-hydrogen) atoms. The lowest BCUT2D eigenvalue weighted by Crippen LogP contribution is -2.80. The van der Waals surface area contributed by atoms with Gasteiger partial charge in [0.05, 0.1) is 17.6 Å². The summed E-state index contributed by atoms with van der Waals surface area (Å²) in [5.74, 6) is 0.837. The van der Waals surface area contributed by atoms with Gasteiger partial charge in [0.25, 0.3) is 5.69 Å². The zero-order valence-electron chi connectivity index (χ0n) is 12.2. The predicted octanol–water partition coefficient (Wildman–Crippen LogP) is 2.18. The van der Waals surface area contributed by atoms with Gasteiger partial charge in [0.1, 0.15) is 18.8 Å². The van der Waals surface area contributed by atoms with Crippen molar-refractivity contribution >= 4 is 5.69 Å². The third kappa shape index (κ3) is 4.03. The molecule has 2 aromatic rings. The Morgan fingerprint density at radius 1 is 1.19 bits per heavy atom. The van der Waals surface area contributed by atoms with Crippen molar-refractivity contribution in [2.24, 2.45) is 0 Å². The summed E-state index contributed by atoms with van der Waals surface area (Å²) < 4.78 is 5.25. The van der Waals surface area contributed by atoms with E-state index in [2.05, 4.69) is 11.4 Å². The molecule has 0 aliphatic heterocycles. The van der Waals surface area contributed by atoms with Crippen molar-refractivity contribution in [2.45, 2.75) is 20.0 Å². The summed E-state index contributed by atoms with van der Waals surface area (Å²) in [6.45, 7) is 3.35. The summed E-state index contributed by atoms with van der Waals surface area (Å²) in [5, 5.41) is 13.0. The number of ether oxygens (including phenoxy) is 1. The minimum Gasteiger partial charge on any atom is -0.497 e. The molecule has 0 unspecified atom stereocenters. The number of aryl methyl sites for hydroxylation is 1. The molecule has 0 amide bonds. The number of nitrogens with zero attached hydrogens (tertiary/aromatic N) is 1. The number of rotatable bonds is 6.